The van der Waals surface area contributed by atoms with E-state index in [1.165, 1.54) is 12.8 Å². The zero-order valence-electron chi connectivity index (χ0n) is 17.8. The lowest BCUT2D eigenvalue weighted by Crippen LogP contribution is -2.49. The van der Waals surface area contributed by atoms with E-state index >= 15 is 0 Å². The van der Waals surface area contributed by atoms with Gasteiger partial charge in [-0.2, -0.15) is 5.26 Å². The Morgan fingerprint density at radius 2 is 1.90 bits per heavy atom. The summed E-state index contributed by atoms with van der Waals surface area (Å²) in [6, 6.07) is 14.0. The Morgan fingerprint density at radius 3 is 2.61 bits per heavy atom. The lowest BCUT2D eigenvalue weighted by Gasteiger charge is -2.39. The van der Waals surface area contributed by atoms with Crippen molar-refractivity contribution < 1.29 is 9.53 Å². The molecule has 0 spiro atoms. The lowest BCUT2D eigenvalue weighted by atomic mass is 10.1. The van der Waals surface area contributed by atoms with Crippen LogP contribution in [0.25, 0.3) is 0 Å². The molecule has 4 rings (SSSR count). The van der Waals surface area contributed by atoms with Crippen LogP contribution in [0, 0.1) is 29.1 Å². The predicted molar refractivity (Wildman–Crippen MR) is 119 cm³/mol. The summed E-state index contributed by atoms with van der Waals surface area (Å²) in [7, 11) is 1.37. The molecule has 0 amide bonds. The maximum absolute atomic E-state index is 11.9. The number of piperazine rings is 1. The third-order valence-electron chi connectivity index (χ3n) is 6.20. The second kappa shape index (κ2) is 9.64. The molecule has 0 unspecified atom stereocenters. The summed E-state index contributed by atoms with van der Waals surface area (Å²) in [5.41, 5.74) is 2.80. The second-order valence-corrected chi connectivity index (χ2v) is 8.01. The molecule has 2 fully saturated rings. The van der Waals surface area contributed by atoms with Crippen LogP contribution >= 0.6 is 0 Å². The van der Waals surface area contributed by atoms with Gasteiger partial charge in [-0.25, -0.2) is 9.78 Å². The second-order valence-electron chi connectivity index (χ2n) is 8.01. The first-order chi connectivity index (χ1) is 15.2. The Bertz CT molecular complexity index is 1020. The van der Waals surface area contributed by atoms with E-state index in [-0.39, 0.29) is 0 Å². The molecule has 1 aliphatic heterocycles. The summed E-state index contributed by atoms with van der Waals surface area (Å²) in [5.74, 6) is 6.39. The van der Waals surface area contributed by atoms with Crippen molar-refractivity contribution >= 4 is 11.7 Å². The molecular formula is C25H26N4O2. The Labute approximate surface area is 183 Å². The van der Waals surface area contributed by atoms with E-state index in [1.807, 2.05) is 24.3 Å². The van der Waals surface area contributed by atoms with Crippen LogP contribution in [0.4, 0.5) is 5.69 Å². The molecule has 31 heavy (non-hydrogen) atoms. The molecule has 0 N–H and O–H groups in total. The summed E-state index contributed by atoms with van der Waals surface area (Å²) in [5, 5.41) is 8.96. The Balaban J connectivity index is 1.32. The number of methoxy groups -OCH3 is 1. The third kappa shape index (κ3) is 4.87. The average Bonchev–Trinajstić information content (AvgIpc) is 3.32. The fourth-order valence-electron chi connectivity index (χ4n) is 4.46. The summed E-state index contributed by atoms with van der Waals surface area (Å²) in [6.07, 6.45) is 4.95. The molecule has 2 aromatic rings. The van der Waals surface area contributed by atoms with Crippen molar-refractivity contribution in [1.29, 1.82) is 5.26 Å². The largest absolute Gasteiger partial charge is 0.465 e. The zero-order chi connectivity index (χ0) is 21.6. The fraction of sp³-hybridized carbons (Fsp3) is 0.400. The van der Waals surface area contributed by atoms with Crippen molar-refractivity contribution in [3.05, 3.63) is 59.4 Å². The van der Waals surface area contributed by atoms with Crippen LogP contribution in [0.3, 0.4) is 0 Å². The molecule has 0 radical (unpaired) electrons. The van der Waals surface area contributed by atoms with E-state index in [1.54, 1.807) is 18.3 Å². The van der Waals surface area contributed by atoms with Gasteiger partial charge in [0.2, 0.25) is 0 Å². The first-order valence-corrected chi connectivity index (χ1v) is 10.7. The van der Waals surface area contributed by atoms with Gasteiger partial charge in [-0.05, 0) is 61.6 Å². The van der Waals surface area contributed by atoms with E-state index in [9.17, 15) is 4.79 Å². The molecule has 2 aliphatic rings. The summed E-state index contributed by atoms with van der Waals surface area (Å²) in [6.45, 7) is 4.07. The van der Waals surface area contributed by atoms with Crippen LogP contribution in [-0.4, -0.2) is 55.2 Å². The number of hydrogen-bond donors (Lipinski definition) is 0. The number of esters is 1. The molecule has 2 atom stereocenters. The first-order valence-electron chi connectivity index (χ1n) is 10.7. The topological polar surface area (TPSA) is 69.5 Å². The number of nitrogens with zero attached hydrogens (tertiary/aromatic N) is 4. The van der Waals surface area contributed by atoms with Crippen molar-refractivity contribution in [2.75, 3.05) is 38.2 Å². The van der Waals surface area contributed by atoms with E-state index in [0.29, 0.717) is 28.8 Å². The summed E-state index contributed by atoms with van der Waals surface area (Å²) < 4.78 is 4.83. The molecule has 0 bridgehead atoms. The van der Waals surface area contributed by atoms with Gasteiger partial charge in [0.05, 0.1) is 24.3 Å². The highest BCUT2D eigenvalue weighted by Gasteiger charge is 2.30. The minimum atomic E-state index is -0.401. The molecule has 1 aromatic heterocycles. The Morgan fingerprint density at radius 1 is 1.13 bits per heavy atom. The minimum absolute atomic E-state index is 0.328. The average molecular weight is 415 g/mol. The van der Waals surface area contributed by atoms with Gasteiger partial charge in [0.1, 0.15) is 5.69 Å². The molecule has 6 nitrogen and oxygen atoms in total. The Hall–Kier alpha value is -3.35. The Kier molecular flexibility index (Phi) is 6.50. The number of rotatable bonds is 3. The number of hydrogen-bond acceptors (Lipinski definition) is 6. The zero-order valence-corrected chi connectivity index (χ0v) is 17.8. The highest BCUT2D eigenvalue weighted by Crippen LogP contribution is 2.30. The van der Waals surface area contributed by atoms with E-state index in [0.717, 1.165) is 45.4 Å². The van der Waals surface area contributed by atoms with E-state index < -0.39 is 5.97 Å². The van der Waals surface area contributed by atoms with Gasteiger partial charge >= 0.3 is 5.97 Å². The van der Waals surface area contributed by atoms with Crippen LogP contribution in [-0.2, 0) is 4.74 Å². The van der Waals surface area contributed by atoms with Crippen LogP contribution in [0.15, 0.2) is 42.6 Å². The van der Waals surface area contributed by atoms with Gasteiger partial charge < -0.3 is 9.64 Å². The lowest BCUT2D eigenvalue weighted by molar-refractivity contribution is 0.0600. The van der Waals surface area contributed by atoms with Crippen molar-refractivity contribution in [3.63, 3.8) is 0 Å². The van der Waals surface area contributed by atoms with Gasteiger partial charge in [-0.15, -0.1) is 0 Å². The molecule has 6 heteroatoms. The van der Waals surface area contributed by atoms with Gasteiger partial charge in [0.15, 0.2) is 0 Å². The third-order valence-corrected chi connectivity index (χ3v) is 6.20. The van der Waals surface area contributed by atoms with Crippen molar-refractivity contribution in [2.45, 2.75) is 25.3 Å². The standard InChI is InChI=1S/C25H26N4O2/c1-31-25(30)23-3-2-12-27-24(23)11-7-19-4-10-22(17-19)29-15-13-28(14-16-29)21-8-5-20(18-26)6-9-21/h2-3,5-6,8-9,12,19,22H,4,10,13-17H2,1H3/t19-,22-/m1/s1. The van der Waals surface area contributed by atoms with Crippen LogP contribution in [0.2, 0.25) is 0 Å². The van der Waals surface area contributed by atoms with Gasteiger partial charge in [-0.3, -0.25) is 4.90 Å². The van der Waals surface area contributed by atoms with Crippen molar-refractivity contribution in [1.82, 2.24) is 9.88 Å². The number of ether oxygens (including phenoxy) is 1. The highest BCUT2D eigenvalue weighted by atomic mass is 16.5. The van der Waals surface area contributed by atoms with Gasteiger partial charge in [-0.1, -0.05) is 5.92 Å². The molecule has 158 valence electrons. The number of nitriles is 1. The van der Waals surface area contributed by atoms with Crippen molar-refractivity contribution in [3.8, 4) is 17.9 Å². The predicted octanol–water partition coefficient (Wildman–Crippen LogP) is 3.08. The van der Waals surface area contributed by atoms with Crippen LogP contribution in [0.1, 0.15) is 40.9 Å². The van der Waals surface area contributed by atoms with Crippen LogP contribution in [0.5, 0.6) is 0 Å². The van der Waals surface area contributed by atoms with Crippen LogP contribution < -0.4 is 4.90 Å². The number of pyridine rings is 1. The molecule has 1 saturated heterocycles. The number of aromatic nitrogens is 1. The normalized spacial score (nSPS) is 21.1. The molecular weight excluding hydrogens is 388 g/mol. The minimum Gasteiger partial charge on any atom is -0.465 e. The SMILES string of the molecule is COC(=O)c1cccnc1C#C[C@H]1CC[C@@H](N2CCN(c3ccc(C#N)cc3)CC2)C1. The first kappa shape index (κ1) is 20.9. The summed E-state index contributed by atoms with van der Waals surface area (Å²) in [4.78, 5) is 21.1. The van der Waals surface area contributed by atoms with Crippen molar-refractivity contribution in [2.24, 2.45) is 5.92 Å². The number of anilines is 1. The fourth-order valence-corrected chi connectivity index (χ4v) is 4.46. The molecule has 1 aromatic carbocycles. The number of carbonyl (C=O) groups excluding carboxylic acids is 1. The smallest absolute Gasteiger partial charge is 0.340 e. The molecule has 1 aliphatic carbocycles. The number of benzene rings is 1. The van der Waals surface area contributed by atoms with Gasteiger partial charge in [0.25, 0.3) is 0 Å². The highest BCUT2D eigenvalue weighted by molar-refractivity contribution is 5.91. The van der Waals surface area contributed by atoms with E-state index in [4.69, 9.17) is 10.00 Å². The molecule has 2 heterocycles. The molecule has 1 saturated carbocycles. The quantitative estimate of drug-likeness (QED) is 0.568. The van der Waals surface area contributed by atoms with Gasteiger partial charge in [0, 0.05) is 50.0 Å². The monoisotopic (exact) mass is 414 g/mol. The number of carbonyl (C=O) groups is 1. The van der Waals surface area contributed by atoms with E-state index in [2.05, 4.69) is 32.7 Å². The summed E-state index contributed by atoms with van der Waals surface area (Å²) >= 11 is 0. The maximum Gasteiger partial charge on any atom is 0.340 e. The maximum atomic E-state index is 11.9.